The van der Waals surface area contributed by atoms with E-state index in [0.29, 0.717) is 0 Å². The fourth-order valence-corrected chi connectivity index (χ4v) is 0.999. The monoisotopic (exact) mass is 210 g/mol. The van der Waals surface area contributed by atoms with Crippen molar-refractivity contribution in [3.63, 3.8) is 0 Å². The van der Waals surface area contributed by atoms with E-state index >= 15 is 0 Å². The number of hydrogen-bond acceptors (Lipinski definition) is 1. The summed E-state index contributed by atoms with van der Waals surface area (Å²) in [7, 11) is 0. The summed E-state index contributed by atoms with van der Waals surface area (Å²) in [6.45, 7) is 0. The van der Waals surface area contributed by atoms with Crippen molar-refractivity contribution in [2.45, 2.75) is 11.7 Å². The van der Waals surface area contributed by atoms with E-state index in [9.17, 15) is 13.2 Å². The molecule has 1 rings (SSSR count). The van der Waals surface area contributed by atoms with Gasteiger partial charge in [0.05, 0.1) is 5.56 Å². The number of aliphatic hydroxyl groups excluding tert-OH is 1. The molecule has 1 unspecified atom stereocenters. The Balaban J connectivity index is 3.06. The minimum atomic E-state index is -4.40. The molecule has 0 fully saturated rings. The van der Waals surface area contributed by atoms with Crippen LogP contribution in [0, 0.1) is 0 Å². The van der Waals surface area contributed by atoms with Gasteiger partial charge in [-0.2, -0.15) is 13.2 Å². The molecule has 0 bridgehead atoms. The van der Waals surface area contributed by atoms with E-state index in [-0.39, 0.29) is 5.56 Å². The maximum atomic E-state index is 12.1. The van der Waals surface area contributed by atoms with Crippen LogP contribution in [0.25, 0.3) is 0 Å². The van der Waals surface area contributed by atoms with Crippen molar-refractivity contribution in [2.75, 3.05) is 0 Å². The van der Waals surface area contributed by atoms with E-state index in [2.05, 4.69) is 0 Å². The number of aliphatic hydroxyl groups is 1. The van der Waals surface area contributed by atoms with Crippen LogP contribution < -0.4 is 0 Å². The second-order valence-electron chi connectivity index (χ2n) is 2.46. The smallest absolute Gasteiger partial charge is 0.373 e. The van der Waals surface area contributed by atoms with Crippen LogP contribution in [0.5, 0.6) is 0 Å². The van der Waals surface area contributed by atoms with Crippen LogP contribution in [0.1, 0.15) is 16.7 Å². The lowest BCUT2D eigenvalue weighted by Crippen LogP contribution is -2.05. The SMILES string of the molecule is OC(Cl)c1cccc(C(F)(F)F)c1. The standard InChI is InChI=1S/C8H6ClF3O/c9-7(13)5-2-1-3-6(4-5)8(10,11)12/h1-4,7,13H. The zero-order chi connectivity index (χ0) is 10.1. The maximum Gasteiger partial charge on any atom is 0.416 e. The van der Waals surface area contributed by atoms with E-state index in [1.54, 1.807) is 0 Å². The lowest BCUT2D eigenvalue weighted by molar-refractivity contribution is -0.137. The van der Waals surface area contributed by atoms with Gasteiger partial charge in [-0.3, -0.25) is 0 Å². The molecule has 1 aromatic rings. The summed E-state index contributed by atoms with van der Waals surface area (Å²) in [6.07, 6.45) is -4.40. The van der Waals surface area contributed by atoms with Crippen molar-refractivity contribution in [1.82, 2.24) is 0 Å². The van der Waals surface area contributed by atoms with Gasteiger partial charge in [-0.1, -0.05) is 23.7 Å². The fourth-order valence-electron chi connectivity index (χ4n) is 0.863. The molecular formula is C8H6ClF3O. The number of halogens is 4. The first-order chi connectivity index (χ1) is 5.91. The van der Waals surface area contributed by atoms with Crippen LogP contribution in [0.4, 0.5) is 13.2 Å². The molecule has 0 saturated heterocycles. The minimum absolute atomic E-state index is 0.0384. The van der Waals surface area contributed by atoms with Crippen LogP contribution in [-0.2, 0) is 6.18 Å². The van der Waals surface area contributed by atoms with Gasteiger partial charge in [0.2, 0.25) is 0 Å². The first kappa shape index (κ1) is 10.3. The van der Waals surface area contributed by atoms with Gasteiger partial charge in [-0.05, 0) is 17.7 Å². The van der Waals surface area contributed by atoms with Gasteiger partial charge in [0.1, 0.15) is 0 Å². The number of alkyl halides is 4. The van der Waals surface area contributed by atoms with E-state index in [4.69, 9.17) is 16.7 Å². The average Bonchev–Trinajstić information content (AvgIpc) is 2.03. The maximum absolute atomic E-state index is 12.1. The molecule has 0 amide bonds. The van der Waals surface area contributed by atoms with Crippen LogP contribution in [0.3, 0.4) is 0 Å². The van der Waals surface area contributed by atoms with Crippen LogP contribution in [0.2, 0.25) is 0 Å². The molecule has 0 heterocycles. The van der Waals surface area contributed by atoms with Gasteiger partial charge in [0.25, 0.3) is 0 Å². The van der Waals surface area contributed by atoms with Crippen LogP contribution in [0.15, 0.2) is 24.3 Å². The zero-order valence-electron chi connectivity index (χ0n) is 6.35. The number of benzene rings is 1. The van der Waals surface area contributed by atoms with Crippen molar-refractivity contribution in [2.24, 2.45) is 0 Å². The van der Waals surface area contributed by atoms with Gasteiger partial charge in [0.15, 0.2) is 5.56 Å². The molecule has 13 heavy (non-hydrogen) atoms. The molecule has 1 N–H and O–H groups in total. The van der Waals surface area contributed by atoms with Gasteiger partial charge < -0.3 is 5.11 Å². The third-order valence-electron chi connectivity index (χ3n) is 1.49. The highest BCUT2D eigenvalue weighted by Gasteiger charge is 2.30. The second kappa shape index (κ2) is 3.55. The lowest BCUT2D eigenvalue weighted by atomic mass is 10.1. The summed E-state index contributed by atoms with van der Waals surface area (Å²) in [5.74, 6) is 0. The highest BCUT2D eigenvalue weighted by molar-refractivity contribution is 6.19. The zero-order valence-corrected chi connectivity index (χ0v) is 7.10. The fraction of sp³-hybridized carbons (Fsp3) is 0.250. The van der Waals surface area contributed by atoms with E-state index in [1.165, 1.54) is 12.1 Å². The molecule has 0 aliphatic carbocycles. The van der Waals surface area contributed by atoms with Crippen molar-refractivity contribution >= 4 is 11.6 Å². The molecule has 1 nitrogen and oxygen atoms in total. The number of rotatable bonds is 1. The highest BCUT2D eigenvalue weighted by atomic mass is 35.5. The van der Waals surface area contributed by atoms with Crippen LogP contribution in [-0.4, -0.2) is 5.11 Å². The Morgan fingerprint density at radius 2 is 1.92 bits per heavy atom. The molecule has 72 valence electrons. The summed E-state index contributed by atoms with van der Waals surface area (Å²) in [5.41, 5.74) is -2.18. The highest BCUT2D eigenvalue weighted by Crippen LogP contribution is 2.31. The van der Waals surface area contributed by atoms with E-state index < -0.39 is 17.3 Å². The Bertz CT molecular complexity index is 296. The van der Waals surface area contributed by atoms with Crippen molar-refractivity contribution in [3.05, 3.63) is 35.4 Å². The third-order valence-corrected chi connectivity index (χ3v) is 1.74. The van der Waals surface area contributed by atoms with Crippen molar-refractivity contribution in [1.29, 1.82) is 0 Å². The molecule has 0 aliphatic rings. The molecule has 0 aliphatic heterocycles. The quantitative estimate of drug-likeness (QED) is 0.707. The molecule has 0 radical (unpaired) electrons. The molecule has 1 aromatic carbocycles. The Labute approximate surface area is 77.8 Å². The van der Waals surface area contributed by atoms with Crippen molar-refractivity contribution in [3.8, 4) is 0 Å². The van der Waals surface area contributed by atoms with Gasteiger partial charge in [-0.25, -0.2) is 0 Å². The number of hydrogen-bond donors (Lipinski definition) is 1. The summed E-state index contributed by atoms with van der Waals surface area (Å²) in [4.78, 5) is 0. The Hall–Kier alpha value is -0.740. The van der Waals surface area contributed by atoms with E-state index in [1.807, 2.05) is 0 Å². The Morgan fingerprint density at radius 3 is 2.38 bits per heavy atom. The first-order valence-electron chi connectivity index (χ1n) is 3.40. The van der Waals surface area contributed by atoms with Crippen molar-refractivity contribution < 1.29 is 18.3 Å². The molecule has 0 saturated carbocycles. The first-order valence-corrected chi connectivity index (χ1v) is 3.84. The largest absolute Gasteiger partial charge is 0.416 e. The normalized spacial score (nSPS) is 14.2. The second-order valence-corrected chi connectivity index (χ2v) is 2.87. The third kappa shape index (κ3) is 2.60. The van der Waals surface area contributed by atoms with Gasteiger partial charge in [0, 0.05) is 0 Å². The Morgan fingerprint density at radius 1 is 1.31 bits per heavy atom. The van der Waals surface area contributed by atoms with Crippen LogP contribution >= 0.6 is 11.6 Å². The molecule has 0 aromatic heterocycles. The predicted molar refractivity (Wildman–Crippen MR) is 42.3 cm³/mol. The molecule has 1 atom stereocenters. The summed E-state index contributed by atoms with van der Waals surface area (Å²) in [5, 5.41) is 8.81. The summed E-state index contributed by atoms with van der Waals surface area (Å²) >= 11 is 5.21. The molecule has 0 spiro atoms. The van der Waals surface area contributed by atoms with Gasteiger partial charge in [-0.15, -0.1) is 0 Å². The Kier molecular flexibility index (Phi) is 2.83. The lowest BCUT2D eigenvalue weighted by Gasteiger charge is -2.08. The summed E-state index contributed by atoms with van der Waals surface area (Å²) in [6, 6.07) is 4.26. The molecule has 5 heteroatoms. The van der Waals surface area contributed by atoms with E-state index in [0.717, 1.165) is 12.1 Å². The predicted octanol–water partition coefficient (Wildman–Crippen LogP) is 2.94. The van der Waals surface area contributed by atoms with Gasteiger partial charge >= 0.3 is 6.18 Å². The topological polar surface area (TPSA) is 20.2 Å². The summed E-state index contributed by atoms with van der Waals surface area (Å²) < 4.78 is 36.3. The minimum Gasteiger partial charge on any atom is -0.373 e. The average molecular weight is 211 g/mol. The molecular weight excluding hydrogens is 205 g/mol.